The van der Waals surface area contributed by atoms with E-state index in [2.05, 4.69) is 10.3 Å². The number of halogens is 1. The fourth-order valence-electron chi connectivity index (χ4n) is 6.16. The number of rotatable bonds is 11. The highest BCUT2D eigenvalue weighted by Gasteiger charge is 2.61. The van der Waals surface area contributed by atoms with Crippen molar-refractivity contribution in [3.63, 3.8) is 0 Å². The number of amides is 1. The Balaban J connectivity index is 1.68. The van der Waals surface area contributed by atoms with Gasteiger partial charge in [0.15, 0.2) is 28.8 Å². The summed E-state index contributed by atoms with van der Waals surface area (Å²) in [5, 5.41) is 17.7. The number of aryl methyl sites for hydroxylation is 1. The fraction of sp³-hybridized carbons (Fsp3) is 0.394. The lowest BCUT2D eigenvalue weighted by atomic mass is 9.69. The molecule has 2 aliphatic rings. The van der Waals surface area contributed by atoms with Crippen molar-refractivity contribution in [2.75, 3.05) is 35.5 Å². The van der Waals surface area contributed by atoms with Gasteiger partial charge >= 0.3 is 0 Å². The van der Waals surface area contributed by atoms with Gasteiger partial charge in [-0.15, -0.1) is 11.3 Å². The summed E-state index contributed by atoms with van der Waals surface area (Å²) in [5.74, 6) is -2.98. The van der Waals surface area contributed by atoms with Gasteiger partial charge in [-0.1, -0.05) is 18.5 Å². The Morgan fingerprint density at radius 2 is 1.70 bits per heavy atom. The normalized spacial score (nSPS) is 19.3. The molecule has 0 saturated carbocycles. The number of ketones is 2. The van der Waals surface area contributed by atoms with Crippen molar-refractivity contribution >= 4 is 40.4 Å². The molecule has 2 N–H and O–H groups in total. The first-order valence-electron chi connectivity index (χ1n) is 14.6. The lowest BCUT2D eigenvalue weighted by Crippen LogP contribution is -2.53. The summed E-state index contributed by atoms with van der Waals surface area (Å²) < 4.78 is 33.8. The monoisotopic (exact) mass is 686 g/mol. The Labute approximate surface area is 280 Å². The molecule has 47 heavy (non-hydrogen) atoms. The van der Waals surface area contributed by atoms with Crippen molar-refractivity contribution < 1.29 is 47.9 Å². The summed E-state index contributed by atoms with van der Waals surface area (Å²) in [6, 6.07) is 4.64. The van der Waals surface area contributed by atoms with Gasteiger partial charge in [0.05, 0.1) is 52.8 Å². The van der Waals surface area contributed by atoms with Crippen molar-refractivity contribution in [2.45, 2.75) is 44.8 Å². The molecule has 0 radical (unpaired) electrons. The van der Waals surface area contributed by atoms with Crippen molar-refractivity contribution in [2.24, 2.45) is 5.92 Å². The molecule has 1 aliphatic carbocycles. The molecule has 3 atom stereocenters. The van der Waals surface area contributed by atoms with Gasteiger partial charge in [-0.05, 0) is 24.6 Å². The number of carbonyl (C=O) groups excluding carboxylic acids is 3. The number of thiazole rings is 1. The van der Waals surface area contributed by atoms with Gasteiger partial charge in [0.2, 0.25) is 23.0 Å². The highest BCUT2D eigenvalue weighted by Crippen LogP contribution is 2.56. The summed E-state index contributed by atoms with van der Waals surface area (Å²) >= 11 is 8.06. The van der Waals surface area contributed by atoms with Crippen LogP contribution in [0.4, 0.5) is 0 Å². The number of allylic oxidation sites excluding steroid dienone is 1. The highest BCUT2D eigenvalue weighted by molar-refractivity contribution is 7.09. The average molecular weight is 687 g/mol. The van der Waals surface area contributed by atoms with Crippen LogP contribution in [0, 0.1) is 12.8 Å². The van der Waals surface area contributed by atoms with Crippen LogP contribution in [0.15, 0.2) is 34.9 Å². The Bertz CT molecular complexity index is 1760. The molecule has 1 spiro atoms. The molecule has 14 heteroatoms. The zero-order valence-electron chi connectivity index (χ0n) is 26.9. The molecule has 0 saturated heterocycles. The van der Waals surface area contributed by atoms with Crippen molar-refractivity contribution in [3.05, 3.63) is 61.8 Å². The minimum atomic E-state index is -2.04. The van der Waals surface area contributed by atoms with E-state index in [-0.39, 0.29) is 64.3 Å². The number of nitrogens with one attached hydrogen (secondary N) is 1. The Morgan fingerprint density at radius 1 is 1.06 bits per heavy atom. The van der Waals surface area contributed by atoms with Gasteiger partial charge in [-0.2, -0.15) is 0 Å². The van der Waals surface area contributed by atoms with Gasteiger partial charge in [0.1, 0.15) is 22.1 Å². The zero-order valence-corrected chi connectivity index (χ0v) is 28.5. The number of fused-ring (bicyclic) bond motifs is 1. The van der Waals surface area contributed by atoms with Crippen LogP contribution in [0.2, 0.25) is 5.02 Å². The number of aliphatic hydroxyl groups is 1. The van der Waals surface area contributed by atoms with Crippen LogP contribution in [-0.2, 0) is 16.1 Å². The molecule has 3 aromatic rings. The maximum absolute atomic E-state index is 14.4. The van der Waals surface area contributed by atoms with E-state index in [0.717, 1.165) is 5.01 Å². The zero-order chi connectivity index (χ0) is 34.2. The molecule has 0 fully saturated rings. The summed E-state index contributed by atoms with van der Waals surface area (Å²) in [6.07, 6.45) is -0.479. The van der Waals surface area contributed by atoms with E-state index in [1.807, 2.05) is 12.3 Å². The van der Waals surface area contributed by atoms with Gasteiger partial charge in [-0.25, -0.2) is 4.98 Å². The average Bonchev–Trinajstić information content (AvgIpc) is 3.63. The summed E-state index contributed by atoms with van der Waals surface area (Å²) in [7, 11) is 7.10. The second-order valence-corrected chi connectivity index (χ2v) is 12.5. The standard InChI is InChI=1S/C33H35ClN2O10S/c1-15-8-20(37)26(31(39)33(15)32(40)27-21(41-3)12-22(42-4)28(34)30(27)46-33)19(11-25(38)35-13-18-14-47-16(2)36-18)17-9-23(43-5)29(45-7)24(10-17)44-6/h9-10,12,14-15,19,39H,8,11,13H2,1-7H3,(H,35,38). The predicted octanol–water partition coefficient (Wildman–Crippen LogP) is 5.37. The number of nitrogens with zero attached hydrogens (tertiary/aromatic N) is 1. The van der Waals surface area contributed by atoms with E-state index >= 15 is 0 Å². The summed E-state index contributed by atoms with van der Waals surface area (Å²) in [6.45, 7) is 3.65. The van der Waals surface area contributed by atoms with E-state index in [9.17, 15) is 19.5 Å². The largest absolute Gasteiger partial charge is 0.507 e. The Kier molecular flexibility index (Phi) is 9.60. The van der Waals surface area contributed by atoms with Crippen LogP contribution in [0.5, 0.6) is 34.5 Å². The lowest BCUT2D eigenvalue weighted by molar-refractivity contribution is -0.122. The Hall–Kier alpha value is -4.49. The summed E-state index contributed by atoms with van der Waals surface area (Å²) in [4.78, 5) is 46.2. The lowest BCUT2D eigenvalue weighted by Gasteiger charge is -2.38. The first kappa shape index (κ1) is 33.9. The quantitative estimate of drug-likeness (QED) is 0.268. The van der Waals surface area contributed by atoms with Crippen LogP contribution in [0.1, 0.15) is 52.3 Å². The number of hydrogen-bond acceptors (Lipinski definition) is 12. The van der Waals surface area contributed by atoms with Crippen LogP contribution < -0.4 is 33.7 Å². The maximum Gasteiger partial charge on any atom is 0.231 e. The van der Waals surface area contributed by atoms with Crippen LogP contribution in [0.25, 0.3) is 0 Å². The Morgan fingerprint density at radius 3 is 2.26 bits per heavy atom. The predicted molar refractivity (Wildman–Crippen MR) is 173 cm³/mol. The van der Waals surface area contributed by atoms with E-state index in [4.69, 9.17) is 40.0 Å². The molecule has 1 aliphatic heterocycles. The van der Waals surface area contributed by atoms with Gasteiger partial charge in [0.25, 0.3) is 0 Å². The molecule has 1 amide bonds. The van der Waals surface area contributed by atoms with E-state index in [1.54, 1.807) is 19.1 Å². The number of ether oxygens (including phenoxy) is 6. The summed E-state index contributed by atoms with van der Waals surface area (Å²) in [5.41, 5.74) is -1.13. The number of aliphatic hydroxyl groups excluding tert-OH is 1. The maximum atomic E-state index is 14.4. The molecular weight excluding hydrogens is 652 g/mol. The van der Waals surface area contributed by atoms with Crippen LogP contribution >= 0.6 is 22.9 Å². The third-order valence-corrected chi connectivity index (χ3v) is 9.65. The van der Waals surface area contributed by atoms with Crippen molar-refractivity contribution in [1.82, 2.24) is 10.3 Å². The molecule has 1 aromatic heterocycles. The minimum Gasteiger partial charge on any atom is -0.507 e. The van der Waals surface area contributed by atoms with E-state index < -0.39 is 40.7 Å². The molecule has 250 valence electrons. The number of aromatic nitrogens is 1. The topological polar surface area (TPSA) is 152 Å². The molecule has 5 rings (SSSR count). The third-order valence-electron chi connectivity index (χ3n) is 8.47. The number of hydrogen-bond donors (Lipinski definition) is 2. The number of carbonyl (C=O) groups is 3. The van der Waals surface area contributed by atoms with Crippen molar-refractivity contribution in [3.8, 4) is 34.5 Å². The molecule has 2 aromatic carbocycles. The van der Waals surface area contributed by atoms with Gasteiger partial charge < -0.3 is 38.8 Å². The third kappa shape index (κ3) is 5.71. The second-order valence-electron chi connectivity index (χ2n) is 11.1. The van der Waals surface area contributed by atoms with E-state index in [0.29, 0.717) is 17.0 Å². The van der Waals surface area contributed by atoms with Crippen LogP contribution in [-0.4, -0.2) is 68.7 Å². The smallest absolute Gasteiger partial charge is 0.231 e. The molecular formula is C33H35ClN2O10S. The first-order chi connectivity index (χ1) is 22.4. The van der Waals surface area contributed by atoms with E-state index in [1.165, 1.54) is 53.0 Å². The van der Waals surface area contributed by atoms with Gasteiger partial charge in [-0.3, -0.25) is 14.4 Å². The fourth-order valence-corrected chi connectivity index (χ4v) is 7.04. The van der Waals surface area contributed by atoms with Crippen LogP contribution in [0.3, 0.4) is 0 Å². The SMILES string of the molecule is COc1cc(OC)c2c(c1Cl)OC1(C2=O)C(O)=C(C(CC(=O)NCc2csc(C)n2)c2cc(OC)c(OC)c(OC)c2)C(=O)CC1C. The van der Waals surface area contributed by atoms with Crippen molar-refractivity contribution in [1.29, 1.82) is 0 Å². The molecule has 0 bridgehead atoms. The number of methoxy groups -OCH3 is 5. The first-order valence-corrected chi connectivity index (χ1v) is 15.8. The number of benzene rings is 2. The minimum absolute atomic E-state index is 0.00445. The van der Waals surface area contributed by atoms with Gasteiger partial charge in [0, 0.05) is 41.7 Å². The highest BCUT2D eigenvalue weighted by atomic mass is 35.5. The molecule has 12 nitrogen and oxygen atoms in total. The number of Topliss-reactive ketones (excluding diaryl/α,β-unsaturated/α-hetero) is 2. The molecule has 3 unspecified atom stereocenters. The molecule has 2 heterocycles. The second kappa shape index (κ2) is 13.3.